The van der Waals surface area contributed by atoms with Gasteiger partial charge in [-0.25, -0.2) is 0 Å². The molecule has 2 aromatic rings. The molecule has 4 N–H and O–H groups in total. The molecule has 6 nitrogen and oxygen atoms in total. The van der Waals surface area contributed by atoms with E-state index >= 15 is 0 Å². The fraction of sp³-hybridized carbons (Fsp3) is 0.0769. The number of aromatic hydroxyl groups is 2. The first-order chi connectivity index (χ1) is 8.99. The molecule has 0 atom stereocenters. The molecule has 0 aliphatic rings. The third kappa shape index (κ3) is 2.57. The van der Waals surface area contributed by atoms with Gasteiger partial charge in [0.25, 0.3) is 5.56 Å². The number of para-hydroxylation sites is 1. The number of phenolic OH excluding ortho intramolecular Hbond substituents is 2. The average molecular weight is 259 g/mol. The Morgan fingerprint density at radius 1 is 1.32 bits per heavy atom. The Labute approximate surface area is 109 Å². The molecule has 0 bridgehead atoms. The predicted molar refractivity (Wildman–Crippen MR) is 72.6 cm³/mol. The van der Waals surface area contributed by atoms with Crippen LogP contribution < -0.4 is 11.3 Å². The Bertz CT molecular complexity index is 705. The van der Waals surface area contributed by atoms with E-state index in [-0.39, 0.29) is 28.4 Å². The Morgan fingerprint density at radius 2 is 2.05 bits per heavy atom. The number of anilines is 1. The fourth-order valence-electron chi connectivity index (χ4n) is 1.62. The number of rotatable bonds is 2. The monoisotopic (exact) mass is 259 g/mol. The van der Waals surface area contributed by atoms with Gasteiger partial charge in [-0.15, -0.1) is 0 Å². The Morgan fingerprint density at radius 3 is 2.74 bits per heavy atom. The second-order valence-corrected chi connectivity index (χ2v) is 4.07. The van der Waals surface area contributed by atoms with E-state index in [0.29, 0.717) is 0 Å². The fourth-order valence-corrected chi connectivity index (χ4v) is 1.62. The van der Waals surface area contributed by atoms with Crippen molar-refractivity contribution in [2.45, 2.75) is 6.92 Å². The summed E-state index contributed by atoms with van der Waals surface area (Å²) < 4.78 is 1.01. The van der Waals surface area contributed by atoms with Crippen molar-refractivity contribution in [3.8, 4) is 11.5 Å². The highest BCUT2D eigenvalue weighted by atomic mass is 16.3. The molecule has 0 aliphatic heterocycles. The van der Waals surface area contributed by atoms with Crippen LogP contribution in [-0.2, 0) is 0 Å². The second kappa shape index (κ2) is 4.85. The first kappa shape index (κ1) is 12.7. The standard InChI is InChI=1S/C13H13N3O3/c1-8-5-11(14)16(12(18)6-8)15-7-9-3-2-4-10(17)13(9)19/h2-7,17,19H,14H2,1H3/b15-7+. The zero-order valence-electron chi connectivity index (χ0n) is 10.2. The predicted octanol–water partition coefficient (Wildman–Crippen LogP) is 1.03. The first-order valence-electron chi connectivity index (χ1n) is 5.53. The molecule has 0 aliphatic carbocycles. The van der Waals surface area contributed by atoms with Crippen LogP contribution in [0.5, 0.6) is 11.5 Å². The molecular formula is C13H13N3O3. The Balaban J connectivity index is 2.44. The van der Waals surface area contributed by atoms with Gasteiger partial charge in [0.1, 0.15) is 5.82 Å². The van der Waals surface area contributed by atoms with E-state index in [1.165, 1.54) is 18.3 Å². The zero-order valence-corrected chi connectivity index (χ0v) is 10.2. The van der Waals surface area contributed by atoms with Crippen LogP contribution in [0.4, 0.5) is 5.82 Å². The summed E-state index contributed by atoms with van der Waals surface area (Å²) in [7, 11) is 0. The van der Waals surface area contributed by atoms with Crippen LogP contribution in [0.2, 0.25) is 0 Å². The summed E-state index contributed by atoms with van der Waals surface area (Å²) in [6.45, 7) is 1.76. The summed E-state index contributed by atoms with van der Waals surface area (Å²) in [5.74, 6) is -0.362. The van der Waals surface area contributed by atoms with Gasteiger partial charge in [0.2, 0.25) is 0 Å². The van der Waals surface area contributed by atoms with Gasteiger partial charge in [-0.1, -0.05) is 6.07 Å². The van der Waals surface area contributed by atoms with E-state index in [9.17, 15) is 15.0 Å². The lowest BCUT2D eigenvalue weighted by Crippen LogP contribution is -2.19. The molecular weight excluding hydrogens is 246 g/mol. The molecule has 2 rings (SSSR count). The van der Waals surface area contributed by atoms with Gasteiger partial charge in [-0.05, 0) is 30.7 Å². The molecule has 0 fully saturated rings. The SMILES string of the molecule is Cc1cc(N)n(/N=C/c2cccc(O)c2O)c(=O)c1. The molecule has 0 unspecified atom stereocenters. The second-order valence-electron chi connectivity index (χ2n) is 4.07. The molecule has 0 saturated carbocycles. The number of nitrogen functional groups attached to an aromatic ring is 1. The third-order valence-electron chi connectivity index (χ3n) is 2.54. The highest BCUT2D eigenvalue weighted by Gasteiger charge is 2.04. The largest absolute Gasteiger partial charge is 0.504 e. The first-order valence-corrected chi connectivity index (χ1v) is 5.53. The third-order valence-corrected chi connectivity index (χ3v) is 2.54. The molecule has 1 aromatic heterocycles. The van der Waals surface area contributed by atoms with Gasteiger partial charge < -0.3 is 15.9 Å². The van der Waals surface area contributed by atoms with E-state index in [0.717, 1.165) is 10.2 Å². The molecule has 0 amide bonds. The maximum atomic E-state index is 11.7. The topological polar surface area (TPSA) is 101 Å². The highest BCUT2D eigenvalue weighted by Crippen LogP contribution is 2.26. The number of aromatic nitrogens is 1. The summed E-state index contributed by atoms with van der Waals surface area (Å²) in [5, 5.41) is 22.8. The summed E-state index contributed by atoms with van der Waals surface area (Å²) in [6.07, 6.45) is 1.25. The van der Waals surface area contributed by atoms with E-state index < -0.39 is 0 Å². The van der Waals surface area contributed by atoms with Crippen LogP contribution in [0, 0.1) is 6.92 Å². The summed E-state index contributed by atoms with van der Waals surface area (Å²) in [4.78, 5) is 11.7. The quantitative estimate of drug-likeness (QED) is 0.554. The molecule has 19 heavy (non-hydrogen) atoms. The number of hydrogen-bond acceptors (Lipinski definition) is 5. The maximum absolute atomic E-state index is 11.7. The minimum absolute atomic E-state index is 0.195. The van der Waals surface area contributed by atoms with Crippen molar-refractivity contribution >= 4 is 12.0 Å². The number of benzene rings is 1. The van der Waals surface area contributed by atoms with Crippen LogP contribution in [0.25, 0.3) is 0 Å². The average Bonchev–Trinajstić information content (AvgIpc) is 2.33. The maximum Gasteiger partial charge on any atom is 0.273 e. The van der Waals surface area contributed by atoms with Gasteiger partial charge >= 0.3 is 0 Å². The van der Waals surface area contributed by atoms with Crippen LogP contribution in [0.1, 0.15) is 11.1 Å². The van der Waals surface area contributed by atoms with Gasteiger partial charge in [0.15, 0.2) is 11.5 Å². The van der Waals surface area contributed by atoms with Crippen molar-refractivity contribution < 1.29 is 10.2 Å². The Hall–Kier alpha value is -2.76. The van der Waals surface area contributed by atoms with Crippen LogP contribution in [-0.4, -0.2) is 21.1 Å². The van der Waals surface area contributed by atoms with Gasteiger partial charge in [0, 0.05) is 11.6 Å². The molecule has 1 aromatic carbocycles. The van der Waals surface area contributed by atoms with Crippen molar-refractivity contribution in [3.05, 3.63) is 51.8 Å². The number of phenols is 2. The lowest BCUT2D eigenvalue weighted by atomic mass is 10.2. The summed E-state index contributed by atoms with van der Waals surface area (Å²) in [6, 6.07) is 7.46. The normalized spacial score (nSPS) is 11.0. The van der Waals surface area contributed by atoms with E-state index in [1.807, 2.05) is 0 Å². The van der Waals surface area contributed by atoms with E-state index in [4.69, 9.17) is 5.73 Å². The van der Waals surface area contributed by atoms with Crippen molar-refractivity contribution in [2.75, 3.05) is 5.73 Å². The van der Waals surface area contributed by atoms with Gasteiger partial charge in [-0.2, -0.15) is 9.78 Å². The molecule has 0 saturated heterocycles. The number of aryl methyl sites for hydroxylation is 1. The minimum atomic E-state index is -0.367. The van der Waals surface area contributed by atoms with E-state index in [1.54, 1.807) is 25.1 Å². The molecule has 6 heteroatoms. The zero-order chi connectivity index (χ0) is 14.0. The van der Waals surface area contributed by atoms with Crippen LogP contribution >= 0.6 is 0 Å². The molecule has 1 heterocycles. The number of hydrogen-bond donors (Lipinski definition) is 3. The minimum Gasteiger partial charge on any atom is -0.504 e. The van der Waals surface area contributed by atoms with E-state index in [2.05, 4.69) is 5.10 Å². The lowest BCUT2D eigenvalue weighted by Gasteiger charge is -2.04. The van der Waals surface area contributed by atoms with Gasteiger partial charge in [0.05, 0.1) is 6.21 Å². The molecule has 0 spiro atoms. The van der Waals surface area contributed by atoms with Crippen molar-refractivity contribution in [1.82, 2.24) is 4.68 Å². The summed E-state index contributed by atoms with van der Waals surface area (Å²) in [5.41, 5.74) is 6.35. The highest BCUT2D eigenvalue weighted by molar-refractivity contribution is 5.84. The van der Waals surface area contributed by atoms with Crippen molar-refractivity contribution in [3.63, 3.8) is 0 Å². The Kier molecular flexibility index (Phi) is 3.24. The number of nitrogens with two attached hydrogens (primary N) is 1. The van der Waals surface area contributed by atoms with Crippen molar-refractivity contribution in [1.29, 1.82) is 0 Å². The number of pyridine rings is 1. The smallest absolute Gasteiger partial charge is 0.273 e. The van der Waals surface area contributed by atoms with Crippen LogP contribution in [0.3, 0.4) is 0 Å². The van der Waals surface area contributed by atoms with Gasteiger partial charge in [-0.3, -0.25) is 4.79 Å². The van der Waals surface area contributed by atoms with Crippen molar-refractivity contribution in [2.24, 2.45) is 5.10 Å². The summed E-state index contributed by atoms with van der Waals surface area (Å²) >= 11 is 0. The molecule has 0 radical (unpaired) electrons. The number of nitrogens with zero attached hydrogens (tertiary/aromatic N) is 2. The lowest BCUT2D eigenvalue weighted by molar-refractivity contribution is 0.403. The molecule has 98 valence electrons. The van der Waals surface area contributed by atoms with Crippen LogP contribution in [0.15, 0.2) is 40.2 Å².